The maximum absolute atomic E-state index is 13.7. The summed E-state index contributed by atoms with van der Waals surface area (Å²) >= 11 is 1.19. The van der Waals surface area contributed by atoms with E-state index in [2.05, 4.69) is 30.7 Å². The van der Waals surface area contributed by atoms with Crippen LogP contribution in [0.4, 0.5) is 14.6 Å². The molecule has 0 atom stereocenters. The number of nitrogens with one attached hydrogen (secondary N) is 2. The number of H-pyrrole nitrogens is 1. The Morgan fingerprint density at radius 3 is 2.96 bits per heavy atom. The number of methoxy groups -OCH3 is 1. The lowest BCUT2D eigenvalue weighted by Crippen LogP contribution is -2.10. The second-order valence-electron chi connectivity index (χ2n) is 4.77. The molecule has 0 saturated carbocycles. The average molecular weight is 352 g/mol. The Bertz CT molecular complexity index is 843. The first-order chi connectivity index (χ1) is 11.7. The molecule has 3 aromatic rings. The van der Waals surface area contributed by atoms with Crippen molar-refractivity contribution in [2.75, 3.05) is 25.6 Å². The van der Waals surface area contributed by atoms with E-state index in [4.69, 9.17) is 4.74 Å². The Balaban J connectivity index is 1.80. The fraction of sp³-hybridized carbons (Fsp3) is 0.286. The van der Waals surface area contributed by atoms with Crippen molar-refractivity contribution in [2.45, 2.75) is 10.9 Å². The number of hydrogen-bond donors (Lipinski definition) is 2. The van der Waals surface area contributed by atoms with Crippen LogP contribution in [-0.2, 0) is 10.5 Å². The molecule has 3 rings (SSSR count). The van der Waals surface area contributed by atoms with E-state index in [0.29, 0.717) is 35.3 Å². The van der Waals surface area contributed by atoms with Gasteiger partial charge in [0.15, 0.2) is 28.1 Å². The quantitative estimate of drug-likeness (QED) is 0.383. The van der Waals surface area contributed by atoms with Gasteiger partial charge in [0.2, 0.25) is 5.65 Å². The van der Waals surface area contributed by atoms with Gasteiger partial charge in [0.1, 0.15) is 0 Å². The molecule has 1 aromatic carbocycles. The third-order valence-electron chi connectivity index (χ3n) is 3.15. The Kier molecular flexibility index (Phi) is 5.16. The van der Waals surface area contributed by atoms with Crippen molar-refractivity contribution in [3.63, 3.8) is 0 Å². The molecule has 0 fully saturated rings. The maximum Gasteiger partial charge on any atom is 0.207 e. The van der Waals surface area contributed by atoms with Crippen LogP contribution in [0.5, 0.6) is 0 Å². The SMILES string of the molecule is COCCNc1nc(SCc2cccc(F)c2F)nc2n[nH]nc12. The first-order valence-corrected chi connectivity index (χ1v) is 8.04. The van der Waals surface area contributed by atoms with Gasteiger partial charge in [-0.25, -0.2) is 13.8 Å². The minimum absolute atomic E-state index is 0.199. The van der Waals surface area contributed by atoms with E-state index >= 15 is 0 Å². The van der Waals surface area contributed by atoms with Crippen LogP contribution < -0.4 is 5.32 Å². The zero-order chi connectivity index (χ0) is 16.9. The first-order valence-electron chi connectivity index (χ1n) is 7.06. The molecule has 7 nitrogen and oxygen atoms in total. The number of ether oxygens (including phenoxy) is 1. The normalized spacial score (nSPS) is 11.1. The van der Waals surface area contributed by atoms with Crippen LogP contribution in [0, 0.1) is 11.6 Å². The third kappa shape index (κ3) is 3.60. The van der Waals surface area contributed by atoms with Crippen LogP contribution in [0.2, 0.25) is 0 Å². The highest BCUT2D eigenvalue weighted by atomic mass is 32.2. The largest absolute Gasteiger partial charge is 0.383 e. The van der Waals surface area contributed by atoms with Gasteiger partial charge in [-0.3, -0.25) is 0 Å². The van der Waals surface area contributed by atoms with Crippen molar-refractivity contribution >= 4 is 28.7 Å². The molecular formula is C14H14F2N6OS. The molecule has 0 bridgehead atoms. The van der Waals surface area contributed by atoms with Gasteiger partial charge in [-0.2, -0.15) is 15.3 Å². The molecule has 24 heavy (non-hydrogen) atoms. The summed E-state index contributed by atoms with van der Waals surface area (Å²) in [7, 11) is 1.60. The van der Waals surface area contributed by atoms with Crippen LogP contribution in [0.25, 0.3) is 11.2 Å². The van der Waals surface area contributed by atoms with Crippen LogP contribution in [-0.4, -0.2) is 45.6 Å². The molecule has 0 spiro atoms. The number of thioether (sulfide) groups is 1. The molecule has 0 saturated heterocycles. The van der Waals surface area contributed by atoms with Gasteiger partial charge in [-0.1, -0.05) is 23.9 Å². The molecule has 0 aliphatic carbocycles. The molecule has 2 heterocycles. The predicted octanol–water partition coefficient (Wildman–Crippen LogP) is 2.38. The lowest BCUT2D eigenvalue weighted by Gasteiger charge is -2.07. The van der Waals surface area contributed by atoms with Crippen LogP contribution in [0.1, 0.15) is 5.56 Å². The fourth-order valence-corrected chi connectivity index (χ4v) is 2.80. The summed E-state index contributed by atoms with van der Waals surface area (Å²) in [5.74, 6) is -1.02. The van der Waals surface area contributed by atoms with Crippen molar-refractivity contribution in [3.8, 4) is 0 Å². The molecule has 0 amide bonds. The second kappa shape index (κ2) is 7.49. The van der Waals surface area contributed by atoms with E-state index < -0.39 is 11.6 Å². The predicted molar refractivity (Wildman–Crippen MR) is 85.8 cm³/mol. The number of benzene rings is 1. The number of hydrogen-bond acceptors (Lipinski definition) is 7. The summed E-state index contributed by atoms with van der Waals surface area (Å²) in [4.78, 5) is 8.61. The van der Waals surface area contributed by atoms with Gasteiger partial charge in [0.05, 0.1) is 6.61 Å². The first kappa shape index (κ1) is 16.5. The Morgan fingerprint density at radius 1 is 1.25 bits per heavy atom. The molecule has 10 heteroatoms. The standard InChI is InChI=1S/C14H14F2N6OS/c1-23-6-5-17-12-11-13(21-22-20-11)19-14(18-12)24-7-8-3-2-4-9(15)10(8)16/h2-4H,5-7H2,1H3,(H2,17,18,19,20,21,22). The van der Waals surface area contributed by atoms with Gasteiger partial charge in [-0.15, -0.1) is 5.10 Å². The van der Waals surface area contributed by atoms with E-state index in [1.54, 1.807) is 7.11 Å². The van der Waals surface area contributed by atoms with Gasteiger partial charge >= 0.3 is 0 Å². The summed E-state index contributed by atoms with van der Waals surface area (Å²) in [5.41, 5.74) is 1.15. The highest BCUT2D eigenvalue weighted by Gasteiger charge is 2.13. The second-order valence-corrected chi connectivity index (χ2v) is 5.71. The summed E-state index contributed by atoms with van der Waals surface area (Å²) < 4.78 is 31.9. The molecule has 0 unspecified atom stereocenters. The molecule has 0 aliphatic heterocycles. The van der Waals surface area contributed by atoms with Gasteiger partial charge in [0, 0.05) is 25.0 Å². The lowest BCUT2D eigenvalue weighted by molar-refractivity contribution is 0.210. The van der Waals surface area contributed by atoms with Crippen molar-refractivity contribution in [1.82, 2.24) is 25.4 Å². The third-order valence-corrected chi connectivity index (χ3v) is 4.05. The van der Waals surface area contributed by atoms with Gasteiger partial charge in [0.25, 0.3) is 0 Å². The Labute approximate surface area is 140 Å². The molecule has 2 aromatic heterocycles. The molecule has 0 aliphatic rings. The van der Waals surface area contributed by atoms with Crippen molar-refractivity contribution in [3.05, 3.63) is 35.4 Å². The van der Waals surface area contributed by atoms with E-state index in [9.17, 15) is 8.78 Å². The highest BCUT2D eigenvalue weighted by molar-refractivity contribution is 7.98. The number of rotatable bonds is 7. The van der Waals surface area contributed by atoms with Gasteiger partial charge in [-0.05, 0) is 6.07 Å². The van der Waals surface area contributed by atoms with Crippen molar-refractivity contribution < 1.29 is 13.5 Å². The van der Waals surface area contributed by atoms with Crippen molar-refractivity contribution in [1.29, 1.82) is 0 Å². The number of anilines is 1. The van der Waals surface area contributed by atoms with Gasteiger partial charge < -0.3 is 10.1 Å². The van der Waals surface area contributed by atoms with Crippen molar-refractivity contribution in [2.24, 2.45) is 0 Å². The fourth-order valence-electron chi connectivity index (χ4n) is 1.99. The summed E-state index contributed by atoms with van der Waals surface area (Å²) in [5, 5.41) is 13.9. The number of aromatic amines is 1. The van der Waals surface area contributed by atoms with Crippen LogP contribution >= 0.6 is 11.8 Å². The smallest absolute Gasteiger partial charge is 0.207 e. The number of halogens is 2. The molecule has 126 valence electrons. The topological polar surface area (TPSA) is 88.6 Å². The number of aromatic nitrogens is 5. The Morgan fingerprint density at radius 2 is 2.12 bits per heavy atom. The lowest BCUT2D eigenvalue weighted by atomic mass is 10.2. The minimum Gasteiger partial charge on any atom is -0.383 e. The minimum atomic E-state index is -0.872. The van der Waals surface area contributed by atoms with E-state index in [-0.39, 0.29) is 11.3 Å². The van der Waals surface area contributed by atoms with E-state index in [1.807, 2.05) is 0 Å². The number of nitrogens with zero attached hydrogens (tertiary/aromatic N) is 4. The summed E-state index contributed by atoms with van der Waals surface area (Å²) in [6.07, 6.45) is 0. The number of fused-ring (bicyclic) bond motifs is 1. The summed E-state index contributed by atoms with van der Waals surface area (Å²) in [6.45, 7) is 1.04. The van der Waals surface area contributed by atoms with E-state index in [1.165, 1.54) is 23.9 Å². The zero-order valence-corrected chi connectivity index (χ0v) is 13.5. The zero-order valence-electron chi connectivity index (χ0n) is 12.7. The molecular weight excluding hydrogens is 338 g/mol. The van der Waals surface area contributed by atoms with Crippen LogP contribution in [0.15, 0.2) is 23.4 Å². The van der Waals surface area contributed by atoms with E-state index in [0.717, 1.165) is 6.07 Å². The average Bonchev–Trinajstić information content (AvgIpc) is 3.05. The Hall–Kier alpha value is -2.33. The maximum atomic E-state index is 13.7. The highest BCUT2D eigenvalue weighted by Crippen LogP contribution is 2.25. The monoisotopic (exact) mass is 352 g/mol. The summed E-state index contributed by atoms with van der Waals surface area (Å²) in [6, 6.07) is 4.07. The molecule has 0 radical (unpaired) electrons. The molecule has 2 N–H and O–H groups in total. The van der Waals surface area contributed by atoms with Crippen LogP contribution in [0.3, 0.4) is 0 Å².